The van der Waals surface area contributed by atoms with E-state index in [9.17, 15) is 4.79 Å². The number of anilines is 2. The molecular weight excluding hydrogens is 294 g/mol. The molecule has 3 rings (SSSR count). The maximum atomic E-state index is 11.6. The zero-order valence-corrected chi connectivity index (χ0v) is 13.5. The van der Waals surface area contributed by atoms with Crippen molar-refractivity contribution in [2.75, 3.05) is 10.6 Å². The second-order valence-electron chi connectivity index (χ2n) is 6.43. The minimum absolute atomic E-state index is 0. The van der Waals surface area contributed by atoms with Crippen LogP contribution in [0, 0.1) is 0 Å². The number of hydrogen-bond acceptors (Lipinski definition) is 5. The zero-order valence-electron chi connectivity index (χ0n) is 13.5. The third-order valence-corrected chi connectivity index (χ3v) is 4.69. The highest BCUT2D eigenvalue weighted by atomic mass is 16.1. The lowest BCUT2D eigenvalue weighted by Crippen LogP contribution is -2.26. The van der Waals surface area contributed by atoms with E-state index in [1.165, 1.54) is 38.3 Å². The van der Waals surface area contributed by atoms with Crippen molar-refractivity contribution in [1.82, 2.24) is 9.97 Å². The van der Waals surface area contributed by atoms with Gasteiger partial charge in [0.25, 0.3) is 5.91 Å². The molecule has 0 unspecified atom stereocenters. The molecule has 1 aromatic heterocycles. The number of carbonyl (C=O) groups excluding carboxylic acids is 1. The lowest BCUT2D eigenvalue weighted by atomic mass is 9.95. The van der Waals surface area contributed by atoms with Crippen LogP contribution >= 0.6 is 0 Å². The van der Waals surface area contributed by atoms with Gasteiger partial charge in [-0.15, -0.1) is 0 Å². The van der Waals surface area contributed by atoms with Gasteiger partial charge in [-0.3, -0.25) is 4.79 Å². The molecule has 2 fully saturated rings. The zero-order chi connectivity index (χ0) is 15.4. The van der Waals surface area contributed by atoms with Crippen LogP contribution in [0.1, 0.15) is 68.1 Å². The van der Waals surface area contributed by atoms with Gasteiger partial charge in [-0.05, 0) is 25.7 Å². The topological polar surface area (TPSA) is 124 Å². The van der Waals surface area contributed by atoms with E-state index in [2.05, 4.69) is 20.6 Å². The summed E-state index contributed by atoms with van der Waals surface area (Å²) in [4.78, 5) is 20.4. The van der Waals surface area contributed by atoms with Crippen LogP contribution in [0.4, 0.5) is 11.8 Å². The fourth-order valence-corrected chi connectivity index (χ4v) is 3.43. The number of aromatic nitrogens is 2. The Morgan fingerprint density at radius 2 is 1.57 bits per heavy atom. The molecule has 0 saturated heterocycles. The van der Waals surface area contributed by atoms with E-state index in [0.717, 1.165) is 25.7 Å². The largest absolute Gasteiger partial charge is 0.412 e. The summed E-state index contributed by atoms with van der Waals surface area (Å²) in [6, 6.07) is 0.822. The van der Waals surface area contributed by atoms with Crippen LogP contribution in [-0.4, -0.2) is 33.4 Å². The van der Waals surface area contributed by atoms with Gasteiger partial charge in [0.1, 0.15) is 5.82 Å². The van der Waals surface area contributed by atoms with Gasteiger partial charge in [-0.1, -0.05) is 32.1 Å². The van der Waals surface area contributed by atoms with E-state index >= 15 is 0 Å². The number of nitrogens with one attached hydrogen (secondary N) is 2. The first-order valence-corrected chi connectivity index (χ1v) is 8.42. The van der Waals surface area contributed by atoms with Crippen LogP contribution in [0.3, 0.4) is 0 Å². The Morgan fingerprint density at radius 1 is 1.00 bits per heavy atom. The van der Waals surface area contributed by atoms with Gasteiger partial charge in [-0.2, -0.15) is 4.98 Å². The molecule has 2 saturated carbocycles. The second kappa shape index (κ2) is 8.10. The SMILES string of the molecule is NC(=O)c1cnc(NC2CCCC2)nc1NC1CCCCC1.O. The van der Waals surface area contributed by atoms with Crippen molar-refractivity contribution in [2.45, 2.75) is 69.9 Å². The molecule has 128 valence electrons. The Bertz CT molecular complexity index is 525. The Labute approximate surface area is 136 Å². The highest BCUT2D eigenvalue weighted by Crippen LogP contribution is 2.24. The first kappa shape index (κ1) is 17.5. The fourth-order valence-electron chi connectivity index (χ4n) is 3.43. The van der Waals surface area contributed by atoms with Crippen LogP contribution in [0.25, 0.3) is 0 Å². The van der Waals surface area contributed by atoms with Gasteiger partial charge >= 0.3 is 0 Å². The number of primary amides is 1. The average molecular weight is 321 g/mol. The van der Waals surface area contributed by atoms with Crippen molar-refractivity contribution < 1.29 is 10.3 Å². The average Bonchev–Trinajstić information content (AvgIpc) is 3.01. The standard InChI is InChI=1S/C16H25N5O.H2O/c17-14(22)13-10-18-16(20-12-8-4-5-9-12)21-15(13)19-11-6-2-1-3-7-11;/h10-12H,1-9H2,(H2,17,22)(H2,18,19,20,21);1H2. The molecule has 1 amide bonds. The number of carbonyl (C=O) groups is 1. The van der Waals surface area contributed by atoms with Gasteiger partial charge in [0.05, 0.1) is 5.56 Å². The van der Waals surface area contributed by atoms with Gasteiger partial charge in [-0.25, -0.2) is 4.98 Å². The van der Waals surface area contributed by atoms with E-state index in [4.69, 9.17) is 5.73 Å². The molecule has 2 aliphatic rings. The number of amides is 1. The van der Waals surface area contributed by atoms with Crippen LogP contribution < -0.4 is 16.4 Å². The van der Waals surface area contributed by atoms with E-state index in [-0.39, 0.29) is 5.48 Å². The molecule has 2 aliphatic carbocycles. The lowest BCUT2D eigenvalue weighted by molar-refractivity contribution is 0.100. The normalized spacial score (nSPS) is 19.1. The van der Waals surface area contributed by atoms with E-state index < -0.39 is 5.91 Å². The molecule has 6 N–H and O–H groups in total. The summed E-state index contributed by atoms with van der Waals surface area (Å²) in [5, 5.41) is 6.77. The minimum Gasteiger partial charge on any atom is -0.412 e. The van der Waals surface area contributed by atoms with Crippen LogP contribution in [-0.2, 0) is 0 Å². The van der Waals surface area contributed by atoms with Crippen molar-refractivity contribution >= 4 is 17.7 Å². The molecule has 0 atom stereocenters. The van der Waals surface area contributed by atoms with Gasteiger partial charge < -0.3 is 21.8 Å². The summed E-state index contributed by atoms with van der Waals surface area (Å²) >= 11 is 0. The van der Waals surface area contributed by atoms with Crippen molar-refractivity contribution in [3.05, 3.63) is 11.8 Å². The summed E-state index contributed by atoms with van der Waals surface area (Å²) in [6.45, 7) is 0. The summed E-state index contributed by atoms with van der Waals surface area (Å²) in [5.74, 6) is 0.691. The maximum Gasteiger partial charge on any atom is 0.254 e. The molecular formula is C16H27N5O2. The van der Waals surface area contributed by atoms with Crippen molar-refractivity contribution in [3.63, 3.8) is 0 Å². The highest BCUT2D eigenvalue weighted by molar-refractivity contribution is 5.97. The van der Waals surface area contributed by atoms with E-state index in [0.29, 0.717) is 29.4 Å². The van der Waals surface area contributed by atoms with Crippen molar-refractivity contribution in [2.24, 2.45) is 5.73 Å². The fraction of sp³-hybridized carbons (Fsp3) is 0.688. The Morgan fingerprint density at radius 3 is 2.17 bits per heavy atom. The lowest BCUT2D eigenvalue weighted by Gasteiger charge is -2.24. The predicted molar refractivity (Wildman–Crippen MR) is 90.5 cm³/mol. The third-order valence-electron chi connectivity index (χ3n) is 4.69. The van der Waals surface area contributed by atoms with Crippen molar-refractivity contribution in [1.29, 1.82) is 0 Å². The van der Waals surface area contributed by atoms with Crippen LogP contribution in [0.15, 0.2) is 6.20 Å². The maximum absolute atomic E-state index is 11.6. The summed E-state index contributed by atoms with van der Waals surface area (Å²) < 4.78 is 0. The smallest absolute Gasteiger partial charge is 0.254 e. The molecule has 1 heterocycles. The molecule has 0 radical (unpaired) electrons. The predicted octanol–water partition coefficient (Wildman–Crippen LogP) is 1.85. The molecule has 1 aromatic rings. The third kappa shape index (κ3) is 4.54. The monoisotopic (exact) mass is 321 g/mol. The Hall–Kier alpha value is -1.89. The molecule has 7 heteroatoms. The van der Waals surface area contributed by atoms with Gasteiger partial charge in [0.15, 0.2) is 0 Å². The molecule has 0 bridgehead atoms. The highest BCUT2D eigenvalue weighted by Gasteiger charge is 2.20. The Balaban J connectivity index is 0.00000192. The summed E-state index contributed by atoms with van der Waals surface area (Å²) in [6.07, 6.45) is 12.3. The van der Waals surface area contributed by atoms with Crippen LogP contribution in [0.2, 0.25) is 0 Å². The van der Waals surface area contributed by atoms with E-state index in [1.807, 2.05) is 0 Å². The van der Waals surface area contributed by atoms with Crippen molar-refractivity contribution in [3.8, 4) is 0 Å². The second-order valence-corrected chi connectivity index (χ2v) is 6.43. The Kier molecular flexibility index (Phi) is 6.15. The number of hydrogen-bond donors (Lipinski definition) is 3. The summed E-state index contributed by atoms with van der Waals surface area (Å²) in [7, 11) is 0. The quantitative estimate of drug-likeness (QED) is 0.763. The minimum atomic E-state index is -0.481. The summed E-state index contributed by atoms with van der Waals surface area (Å²) in [5.41, 5.74) is 5.83. The van der Waals surface area contributed by atoms with Gasteiger partial charge in [0.2, 0.25) is 5.95 Å². The first-order chi connectivity index (χ1) is 10.7. The molecule has 23 heavy (non-hydrogen) atoms. The molecule has 0 aliphatic heterocycles. The molecule has 7 nitrogen and oxygen atoms in total. The number of nitrogens with zero attached hydrogens (tertiary/aromatic N) is 2. The molecule has 0 aromatic carbocycles. The number of rotatable bonds is 5. The first-order valence-electron chi connectivity index (χ1n) is 8.42. The van der Waals surface area contributed by atoms with Gasteiger partial charge in [0, 0.05) is 18.3 Å². The van der Waals surface area contributed by atoms with Crippen LogP contribution in [0.5, 0.6) is 0 Å². The number of nitrogens with two attached hydrogens (primary N) is 1. The van der Waals surface area contributed by atoms with E-state index in [1.54, 1.807) is 0 Å². The molecule has 0 spiro atoms.